The molecule has 1 atom stereocenters. The summed E-state index contributed by atoms with van der Waals surface area (Å²) >= 11 is 1.83. The SMILES string of the molecule is CC(NC(=O)C(C)(C)c1cccc(F)c1)C(=O)N1CCSCC1. The second-order valence-corrected chi connectivity index (χ2v) is 7.49. The molecule has 2 rings (SSSR count). The van der Waals surface area contributed by atoms with E-state index in [1.807, 2.05) is 11.8 Å². The first kappa shape index (κ1) is 17.8. The van der Waals surface area contributed by atoms with Gasteiger partial charge in [-0.2, -0.15) is 11.8 Å². The van der Waals surface area contributed by atoms with Crippen molar-refractivity contribution in [2.45, 2.75) is 32.2 Å². The van der Waals surface area contributed by atoms with Crippen molar-refractivity contribution >= 4 is 23.6 Å². The third-order valence-electron chi connectivity index (χ3n) is 4.15. The van der Waals surface area contributed by atoms with Crippen LogP contribution in [0.25, 0.3) is 0 Å². The van der Waals surface area contributed by atoms with Crippen LogP contribution in [0, 0.1) is 5.82 Å². The molecule has 4 nitrogen and oxygen atoms in total. The highest BCUT2D eigenvalue weighted by molar-refractivity contribution is 7.99. The van der Waals surface area contributed by atoms with E-state index in [4.69, 9.17) is 0 Å². The van der Waals surface area contributed by atoms with E-state index in [0.29, 0.717) is 5.56 Å². The number of amides is 2. The van der Waals surface area contributed by atoms with Gasteiger partial charge in [0.1, 0.15) is 11.9 Å². The molecule has 2 amide bonds. The Morgan fingerprint density at radius 1 is 1.30 bits per heavy atom. The Morgan fingerprint density at radius 3 is 2.57 bits per heavy atom. The lowest BCUT2D eigenvalue weighted by molar-refractivity contribution is -0.136. The van der Waals surface area contributed by atoms with Crippen LogP contribution in [0.5, 0.6) is 0 Å². The molecule has 0 radical (unpaired) electrons. The van der Waals surface area contributed by atoms with Crippen molar-refractivity contribution in [1.29, 1.82) is 0 Å². The van der Waals surface area contributed by atoms with Crippen LogP contribution in [0.1, 0.15) is 26.3 Å². The molecule has 1 unspecified atom stereocenters. The van der Waals surface area contributed by atoms with Crippen LogP contribution in [0.2, 0.25) is 0 Å². The summed E-state index contributed by atoms with van der Waals surface area (Å²) in [5.41, 5.74) is -0.321. The summed E-state index contributed by atoms with van der Waals surface area (Å²) in [7, 11) is 0. The van der Waals surface area contributed by atoms with Crippen LogP contribution >= 0.6 is 11.8 Å². The number of rotatable bonds is 4. The van der Waals surface area contributed by atoms with E-state index >= 15 is 0 Å². The lowest BCUT2D eigenvalue weighted by Gasteiger charge is -2.31. The first-order chi connectivity index (χ1) is 10.8. The van der Waals surface area contributed by atoms with Gasteiger partial charge in [-0.15, -0.1) is 0 Å². The molecular formula is C17H23FN2O2S. The van der Waals surface area contributed by atoms with Gasteiger partial charge in [0.2, 0.25) is 11.8 Å². The van der Waals surface area contributed by atoms with Crippen molar-refractivity contribution in [1.82, 2.24) is 10.2 Å². The summed E-state index contributed by atoms with van der Waals surface area (Å²) in [6, 6.07) is 5.42. The molecule has 1 fully saturated rings. The average Bonchev–Trinajstić information content (AvgIpc) is 2.54. The van der Waals surface area contributed by atoms with E-state index in [9.17, 15) is 14.0 Å². The maximum atomic E-state index is 13.4. The molecule has 0 saturated carbocycles. The van der Waals surface area contributed by atoms with Crippen molar-refractivity contribution in [2.75, 3.05) is 24.6 Å². The lowest BCUT2D eigenvalue weighted by atomic mass is 9.83. The third-order valence-corrected chi connectivity index (χ3v) is 5.10. The molecule has 1 aliphatic rings. The molecule has 1 aromatic carbocycles. The van der Waals surface area contributed by atoms with Gasteiger partial charge < -0.3 is 10.2 Å². The number of hydrogen-bond donors (Lipinski definition) is 1. The Morgan fingerprint density at radius 2 is 1.96 bits per heavy atom. The maximum absolute atomic E-state index is 13.4. The Labute approximate surface area is 140 Å². The van der Waals surface area contributed by atoms with Crippen LogP contribution in [0.15, 0.2) is 24.3 Å². The van der Waals surface area contributed by atoms with E-state index in [-0.39, 0.29) is 17.6 Å². The maximum Gasteiger partial charge on any atom is 0.244 e. The van der Waals surface area contributed by atoms with Crippen LogP contribution in [-0.4, -0.2) is 47.4 Å². The molecule has 1 heterocycles. The molecule has 0 aromatic heterocycles. The quantitative estimate of drug-likeness (QED) is 0.915. The number of nitrogens with zero attached hydrogens (tertiary/aromatic N) is 1. The molecule has 1 saturated heterocycles. The van der Waals surface area contributed by atoms with Gasteiger partial charge in [0, 0.05) is 24.6 Å². The predicted octanol–water partition coefficient (Wildman–Crippen LogP) is 2.18. The summed E-state index contributed by atoms with van der Waals surface area (Å²) in [4.78, 5) is 26.7. The molecule has 0 bridgehead atoms. The topological polar surface area (TPSA) is 49.4 Å². The zero-order chi connectivity index (χ0) is 17.0. The van der Waals surface area contributed by atoms with Crippen molar-refractivity contribution in [3.05, 3.63) is 35.6 Å². The number of hydrogen-bond acceptors (Lipinski definition) is 3. The number of thioether (sulfide) groups is 1. The summed E-state index contributed by atoms with van der Waals surface area (Å²) in [6.45, 7) is 6.59. The predicted molar refractivity (Wildman–Crippen MR) is 90.9 cm³/mol. The van der Waals surface area contributed by atoms with Crippen molar-refractivity contribution < 1.29 is 14.0 Å². The van der Waals surface area contributed by atoms with Gasteiger partial charge in [-0.1, -0.05) is 12.1 Å². The molecule has 0 aliphatic carbocycles. The fourth-order valence-electron chi connectivity index (χ4n) is 2.50. The molecule has 126 valence electrons. The van der Waals surface area contributed by atoms with E-state index in [2.05, 4.69) is 5.32 Å². The number of benzene rings is 1. The van der Waals surface area contributed by atoms with E-state index in [0.717, 1.165) is 24.6 Å². The average molecular weight is 338 g/mol. The van der Waals surface area contributed by atoms with Crippen molar-refractivity contribution in [3.8, 4) is 0 Å². The zero-order valence-electron chi connectivity index (χ0n) is 13.8. The molecule has 0 spiro atoms. The van der Waals surface area contributed by atoms with Crippen molar-refractivity contribution in [2.24, 2.45) is 0 Å². The smallest absolute Gasteiger partial charge is 0.244 e. The number of carbonyl (C=O) groups is 2. The summed E-state index contributed by atoms with van der Waals surface area (Å²) in [5, 5.41) is 2.78. The minimum atomic E-state index is -0.908. The second-order valence-electron chi connectivity index (χ2n) is 6.27. The van der Waals surface area contributed by atoms with Gasteiger partial charge in [0.15, 0.2) is 0 Å². The van der Waals surface area contributed by atoms with Crippen LogP contribution in [0.3, 0.4) is 0 Å². The van der Waals surface area contributed by atoms with Gasteiger partial charge in [-0.3, -0.25) is 9.59 Å². The second kappa shape index (κ2) is 7.34. The Kier molecular flexibility index (Phi) is 5.68. The van der Waals surface area contributed by atoms with Crippen LogP contribution in [-0.2, 0) is 15.0 Å². The lowest BCUT2D eigenvalue weighted by Crippen LogP contribution is -2.52. The third kappa shape index (κ3) is 4.25. The van der Waals surface area contributed by atoms with Gasteiger partial charge in [0.25, 0.3) is 0 Å². The number of carbonyl (C=O) groups excluding carboxylic acids is 2. The van der Waals surface area contributed by atoms with Crippen molar-refractivity contribution in [3.63, 3.8) is 0 Å². The minimum Gasteiger partial charge on any atom is -0.344 e. The Bertz CT molecular complexity index is 586. The highest BCUT2D eigenvalue weighted by atomic mass is 32.2. The largest absolute Gasteiger partial charge is 0.344 e. The minimum absolute atomic E-state index is 0.0614. The number of nitrogens with one attached hydrogen (secondary N) is 1. The Hall–Kier alpha value is -1.56. The summed E-state index contributed by atoms with van der Waals surface area (Å²) in [6.07, 6.45) is 0. The van der Waals surface area contributed by atoms with Gasteiger partial charge >= 0.3 is 0 Å². The number of halogens is 1. The van der Waals surface area contributed by atoms with Crippen LogP contribution < -0.4 is 5.32 Å². The van der Waals surface area contributed by atoms with Crippen LogP contribution in [0.4, 0.5) is 4.39 Å². The molecule has 1 aromatic rings. The highest BCUT2D eigenvalue weighted by Gasteiger charge is 2.33. The first-order valence-electron chi connectivity index (χ1n) is 7.76. The van der Waals surface area contributed by atoms with Gasteiger partial charge in [-0.05, 0) is 38.5 Å². The van der Waals surface area contributed by atoms with Gasteiger partial charge in [-0.25, -0.2) is 4.39 Å². The van der Waals surface area contributed by atoms with E-state index in [1.165, 1.54) is 12.1 Å². The summed E-state index contributed by atoms with van der Waals surface area (Å²) in [5.74, 6) is 1.14. The summed E-state index contributed by atoms with van der Waals surface area (Å²) < 4.78 is 13.4. The first-order valence-corrected chi connectivity index (χ1v) is 8.91. The molecule has 6 heteroatoms. The van der Waals surface area contributed by atoms with E-state index in [1.54, 1.807) is 37.8 Å². The standard InChI is InChI=1S/C17H23FN2O2S/c1-12(15(21)20-7-9-23-10-8-20)19-16(22)17(2,3)13-5-4-6-14(18)11-13/h4-6,11-12H,7-10H2,1-3H3,(H,19,22). The Balaban J connectivity index is 2.03. The monoisotopic (exact) mass is 338 g/mol. The van der Waals surface area contributed by atoms with Gasteiger partial charge in [0.05, 0.1) is 5.41 Å². The highest BCUT2D eigenvalue weighted by Crippen LogP contribution is 2.24. The van der Waals surface area contributed by atoms with E-state index < -0.39 is 11.5 Å². The molecule has 1 aliphatic heterocycles. The molecular weight excluding hydrogens is 315 g/mol. The normalized spacial score (nSPS) is 16.8. The fraction of sp³-hybridized carbons (Fsp3) is 0.529. The zero-order valence-corrected chi connectivity index (χ0v) is 14.6. The molecule has 23 heavy (non-hydrogen) atoms. The fourth-order valence-corrected chi connectivity index (χ4v) is 3.41. The molecule has 1 N–H and O–H groups in total.